The van der Waals surface area contributed by atoms with Crippen LogP contribution in [-0.4, -0.2) is 42.0 Å². The van der Waals surface area contributed by atoms with Gasteiger partial charge in [0.1, 0.15) is 11.9 Å². The number of halogens is 5. The predicted octanol–water partition coefficient (Wildman–Crippen LogP) is 3.69. The minimum Gasteiger partial charge on any atom is -0.493 e. The highest BCUT2D eigenvalue weighted by Gasteiger charge is 2.65. The van der Waals surface area contributed by atoms with Crippen LogP contribution in [0.3, 0.4) is 0 Å². The van der Waals surface area contributed by atoms with Crippen LogP contribution in [0, 0.1) is 17.6 Å². The number of carbonyl (C=O) groups excluding carboxylic acids is 2. The third kappa shape index (κ3) is 4.47. The Morgan fingerprint density at radius 1 is 1.24 bits per heavy atom. The van der Waals surface area contributed by atoms with Gasteiger partial charge in [-0.1, -0.05) is 13.0 Å². The number of anilines is 1. The van der Waals surface area contributed by atoms with Crippen molar-refractivity contribution >= 4 is 17.6 Å². The molecular formula is C21H21F5N4O4. The molecule has 0 spiro atoms. The monoisotopic (exact) mass is 488 g/mol. The number of hydrogen-bond donors (Lipinski definition) is 3. The fourth-order valence-corrected chi connectivity index (χ4v) is 3.88. The molecule has 4 N–H and O–H groups in total. The summed E-state index contributed by atoms with van der Waals surface area (Å²) in [6, 6.07) is 3.33. The lowest BCUT2D eigenvalue weighted by atomic mass is 9.78. The predicted molar refractivity (Wildman–Crippen MR) is 109 cm³/mol. The number of methoxy groups -OCH3 is 1. The van der Waals surface area contributed by atoms with Gasteiger partial charge in [-0.05, 0) is 25.1 Å². The van der Waals surface area contributed by atoms with Gasteiger partial charge in [0.15, 0.2) is 17.2 Å². The minimum absolute atomic E-state index is 0.0767. The van der Waals surface area contributed by atoms with E-state index in [2.05, 4.69) is 15.6 Å². The minimum atomic E-state index is -4.86. The lowest BCUT2D eigenvalue weighted by Crippen LogP contribution is -2.48. The second kappa shape index (κ2) is 9.05. The lowest BCUT2D eigenvalue weighted by molar-refractivity contribution is -0.275. The van der Waals surface area contributed by atoms with Crippen LogP contribution in [0.1, 0.15) is 35.8 Å². The van der Waals surface area contributed by atoms with Crippen LogP contribution in [0.4, 0.5) is 32.4 Å². The van der Waals surface area contributed by atoms with E-state index in [0.29, 0.717) is 0 Å². The zero-order chi connectivity index (χ0) is 25.4. The molecule has 0 bridgehead atoms. The number of hydrogen-bond acceptors (Lipinski definition) is 5. The van der Waals surface area contributed by atoms with Crippen molar-refractivity contribution in [3.63, 3.8) is 0 Å². The van der Waals surface area contributed by atoms with Crippen LogP contribution < -0.4 is 21.1 Å². The van der Waals surface area contributed by atoms with Gasteiger partial charge in [-0.25, -0.2) is 9.18 Å². The molecule has 4 atom stereocenters. The highest BCUT2D eigenvalue weighted by atomic mass is 19.4. The summed E-state index contributed by atoms with van der Waals surface area (Å²) in [5.74, 6) is -6.72. The maximum absolute atomic E-state index is 14.3. The van der Waals surface area contributed by atoms with Gasteiger partial charge >= 0.3 is 12.2 Å². The van der Waals surface area contributed by atoms with Crippen molar-refractivity contribution in [2.45, 2.75) is 37.8 Å². The number of carbonyl (C=O) groups is 2. The van der Waals surface area contributed by atoms with Crippen LogP contribution in [-0.2, 0) is 4.74 Å². The van der Waals surface area contributed by atoms with Crippen molar-refractivity contribution in [3.8, 4) is 5.75 Å². The number of rotatable bonds is 5. The summed E-state index contributed by atoms with van der Waals surface area (Å²) in [5, 5.41) is 4.63. The summed E-state index contributed by atoms with van der Waals surface area (Å²) >= 11 is 0. The maximum atomic E-state index is 14.3. The van der Waals surface area contributed by atoms with E-state index >= 15 is 0 Å². The average molecular weight is 488 g/mol. The van der Waals surface area contributed by atoms with Gasteiger partial charge in [0.2, 0.25) is 5.82 Å². The van der Waals surface area contributed by atoms with Crippen LogP contribution in [0.2, 0.25) is 0 Å². The summed E-state index contributed by atoms with van der Waals surface area (Å²) in [4.78, 5) is 27.6. The molecule has 8 nitrogen and oxygen atoms in total. The largest absolute Gasteiger partial charge is 0.493 e. The average Bonchev–Trinajstić information content (AvgIpc) is 3.00. The summed E-state index contributed by atoms with van der Waals surface area (Å²) in [5.41, 5.74) is 2.21. The molecule has 184 valence electrons. The van der Waals surface area contributed by atoms with Gasteiger partial charge < -0.3 is 25.8 Å². The zero-order valence-electron chi connectivity index (χ0n) is 18.2. The number of nitrogens with zero attached hydrogens (tertiary/aromatic N) is 1. The van der Waals surface area contributed by atoms with E-state index in [1.165, 1.54) is 19.2 Å². The number of benzene rings is 1. The van der Waals surface area contributed by atoms with E-state index in [0.717, 1.165) is 32.2 Å². The number of alkyl halides is 3. The first-order valence-corrected chi connectivity index (χ1v) is 9.90. The van der Waals surface area contributed by atoms with Crippen molar-refractivity contribution in [2.24, 2.45) is 11.7 Å². The highest BCUT2D eigenvalue weighted by Crippen LogP contribution is 2.54. The number of nitrogens with two attached hydrogens (primary N) is 1. The Balaban J connectivity index is 1.97. The number of nitrogens with one attached hydrogen (secondary N) is 2. The Kier molecular flexibility index (Phi) is 6.69. The molecule has 2 heterocycles. The molecule has 0 radical (unpaired) electrons. The molecule has 1 saturated heterocycles. The van der Waals surface area contributed by atoms with Crippen LogP contribution in [0.5, 0.6) is 5.75 Å². The molecule has 1 aliphatic heterocycles. The van der Waals surface area contributed by atoms with Gasteiger partial charge in [0.25, 0.3) is 5.91 Å². The van der Waals surface area contributed by atoms with Crippen LogP contribution >= 0.6 is 0 Å². The molecule has 3 rings (SSSR count). The Morgan fingerprint density at radius 2 is 1.91 bits per heavy atom. The van der Waals surface area contributed by atoms with E-state index in [9.17, 15) is 31.5 Å². The van der Waals surface area contributed by atoms with E-state index in [4.69, 9.17) is 15.2 Å². The van der Waals surface area contributed by atoms with Gasteiger partial charge in [0.05, 0.1) is 7.11 Å². The second-order valence-corrected chi connectivity index (χ2v) is 7.83. The second-order valence-electron chi connectivity index (χ2n) is 7.83. The molecule has 34 heavy (non-hydrogen) atoms. The van der Waals surface area contributed by atoms with E-state index in [-0.39, 0.29) is 16.9 Å². The fourth-order valence-electron chi connectivity index (χ4n) is 3.88. The highest BCUT2D eigenvalue weighted by molar-refractivity contribution is 5.94. The van der Waals surface area contributed by atoms with Crippen molar-refractivity contribution in [1.82, 2.24) is 10.3 Å². The SMILES string of the molecule is COc1c([C@H]2C(NC(=O)Nc3ccnc(C(N)=O)c3)O[C@@](C)(C(F)(F)F)[C@H]2C)ccc(F)c1F. The quantitative estimate of drug-likeness (QED) is 0.556. The van der Waals surface area contributed by atoms with Crippen LogP contribution in [0.25, 0.3) is 0 Å². The maximum Gasteiger partial charge on any atom is 0.417 e. The van der Waals surface area contributed by atoms with Gasteiger partial charge in [-0.2, -0.15) is 17.6 Å². The molecule has 1 aromatic carbocycles. The summed E-state index contributed by atoms with van der Waals surface area (Å²) in [6.07, 6.45) is -5.28. The molecule has 2 aromatic rings. The van der Waals surface area contributed by atoms with Crippen molar-refractivity contribution in [3.05, 3.63) is 53.4 Å². The van der Waals surface area contributed by atoms with Gasteiger partial charge in [-0.15, -0.1) is 0 Å². The van der Waals surface area contributed by atoms with Gasteiger partial charge in [-0.3, -0.25) is 9.78 Å². The van der Waals surface area contributed by atoms with Crippen LogP contribution in [0.15, 0.2) is 30.5 Å². The standard InChI is InChI=1S/C21H21F5N4O4/c1-9-14(11-4-5-12(22)15(23)16(11)33-3)18(34-20(9,2)21(24,25)26)30-19(32)29-10-6-7-28-13(8-10)17(27)31/h4-9,14,18H,1-3H3,(H2,27,31)(H2,28,29,30,32)/t9-,14-,18?,20+/m0/s1. The summed E-state index contributed by atoms with van der Waals surface area (Å²) in [6.45, 7) is 2.03. The molecular weight excluding hydrogens is 467 g/mol. The molecule has 1 aromatic heterocycles. The molecule has 0 aliphatic carbocycles. The van der Waals surface area contributed by atoms with E-state index in [1.807, 2.05) is 0 Å². The summed E-state index contributed by atoms with van der Waals surface area (Å²) in [7, 11) is 1.04. The number of urea groups is 1. The molecule has 3 amide bonds. The number of aromatic nitrogens is 1. The Hall–Kier alpha value is -3.48. The molecule has 13 heteroatoms. The Morgan fingerprint density at radius 3 is 2.50 bits per heavy atom. The third-order valence-electron chi connectivity index (χ3n) is 5.86. The molecule has 1 aliphatic rings. The normalized spacial score (nSPS) is 24.5. The third-order valence-corrected chi connectivity index (χ3v) is 5.86. The lowest BCUT2D eigenvalue weighted by Gasteiger charge is -2.31. The molecule has 0 saturated carbocycles. The summed E-state index contributed by atoms with van der Waals surface area (Å²) < 4.78 is 80.0. The first-order valence-electron chi connectivity index (χ1n) is 9.90. The number of amides is 3. The van der Waals surface area contributed by atoms with Crippen molar-refractivity contribution in [2.75, 3.05) is 12.4 Å². The van der Waals surface area contributed by atoms with E-state index < -0.39 is 59.2 Å². The van der Waals surface area contributed by atoms with Crippen molar-refractivity contribution < 1.29 is 41.0 Å². The zero-order valence-corrected chi connectivity index (χ0v) is 18.2. The van der Waals surface area contributed by atoms with E-state index in [1.54, 1.807) is 0 Å². The first kappa shape index (κ1) is 25.1. The molecule has 1 fully saturated rings. The smallest absolute Gasteiger partial charge is 0.417 e. The number of ether oxygens (including phenoxy) is 2. The Labute approximate surface area is 190 Å². The number of primary amides is 1. The van der Waals surface area contributed by atoms with Gasteiger partial charge in [0, 0.05) is 29.3 Å². The number of pyridine rings is 1. The Bertz CT molecular complexity index is 1110. The first-order chi connectivity index (χ1) is 15.8. The fraction of sp³-hybridized carbons (Fsp3) is 0.381. The molecule has 1 unspecified atom stereocenters. The van der Waals surface area contributed by atoms with Crippen molar-refractivity contribution in [1.29, 1.82) is 0 Å². The topological polar surface area (TPSA) is 116 Å².